The summed E-state index contributed by atoms with van der Waals surface area (Å²) in [5.74, 6) is -0.132. The van der Waals surface area contributed by atoms with Crippen molar-refractivity contribution in [3.63, 3.8) is 0 Å². The van der Waals surface area contributed by atoms with Crippen molar-refractivity contribution in [3.05, 3.63) is 76.4 Å². The van der Waals surface area contributed by atoms with Crippen LogP contribution in [0.4, 0.5) is 5.69 Å². The molecular weight excluding hydrogens is 312 g/mol. The van der Waals surface area contributed by atoms with Crippen LogP contribution < -0.4 is 10.6 Å². The van der Waals surface area contributed by atoms with Crippen molar-refractivity contribution in [1.29, 1.82) is 0 Å². The second-order valence-electron chi connectivity index (χ2n) is 4.82. The normalized spacial score (nSPS) is 10.3. The summed E-state index contributed by atoms with van der Waals surface area (Å²) in [5, 5.41) is 9.26. The van der Waals surface area contributed by atoms with Crippen LogP contribution in [0.2, 0.25) is 0 Å². The Balaban J connectivity index is 1.55. The Kier molecular flexibility index (Phi) is 4.54. The summed E-state index contributed by atoms with van der Waals surface area (Å²) in [6.45, 7) is 0.432. The number of rotatable bonds is 5. The number of anilines is 1. The van der Waals surface area contributed by atoms with Gasteiger partial charge in [0.1, 0.15) is 0 Å². The SMILES string of the molecule is O=C(NCc1ccc(NC(=O)c2ccco2)cc1)c1ccsc1. The molecule has 3 aromatic rings. The highest BCUT2D eigenvalue weighted by molar-refractivity contribution is 7.08. The molecule has 0 aliphatic carbocycles. The lowest BCUT2D eigenvalue weighted by molar-refractivity contribution is 0.0950. The lowest BCUT2D eigenvalue weighted by Crippen LogP contribution is -2.22. The first-order valence-electron chi connectivity index (χ1n) is 6.96. The van der Waals surface area contributed by atoms with Crippen LogP contribution in [0.5, 0.6) is 0 Å². The van der Waals surface area contributed by atoms with E-state index in [1.165, 1.54) is 17.6 Å². The molecule has 116 valence electrons. The molecule has 2 N–H and O–H groups in total. The van der Waals surface area contributed by atoms with Gasteiger partial charge in [-0.05, 0) is 41.3 Å². The molecule has 0 spiro atoms. The van der Waals surface area contributed by atoms with Crippen molar-refractivity contribution in [2.24, 2.45) is 0 Å². The molecule has 3 rings (SSSR count). The molecule has 0 saturated heterocycles. The van der Waals surface area contributed by atoms with E-state index in [1.807, 2.05) is 22.9 Å². The van der Waals surface area contributed by atoms with E-state index >= 15 is 0 Å². The molecule has 0 unspecified atom stereocenters. The number of amides is 2. The van der Waals surface area contributed by atoms with Crippen LogP contribution in [0.1, 0.15) is 26.5 Å². The Bertz CT molecular complexity index is 778. The first-order valence-corrected chi connectivity index (χ1v) is 7.91. The standard InChI is InChI=1S/C17H14N2O3S/c20-16(13-7-9-23-11-13)18-10-12-3-5-14(6-4-12)19-17(21)15-2-1-8-22-15/h1-9,11H,10H2,(H,18,20)(H,19,21). The number of hydrogen-bond donors (Lipinski definition) is 2. The summed E-state index contributed by atoms with van der Waals surface area (Å²) in [4.78, 5) is 23.7. The maximum Gasteiger partial charge on any atom is 0.291 e. The van der Waals surface area contributed by atoms with Crippen LogP contribution in [0.15, 0.2) is 63.9 Å². The highest BCUT2D eigenvalue weighted by Crippen LogP contribution is 2.12. The number of carbonyl (C=O) groups excluding carboxylic acids is 2. The topological polar surface area (TPSA) is 71.3 Å². The summed E-state index contributed by atoms with van der Waals surface area (Å²) in [7, 11) is 0. The van der Waals surface area contributed by atoms with Crippen molar-refractivity contribution in [2.75, 3.05) is 5.32 Å². The van der Waals surface area contributed by atoms with Crippen LogP contribution in [0.3, 0.4) is 0 Å². The first kappa shape index (κ1) is 15.1. The van der Waals surface area contributed by atoms with Gasteiger partial charge in [0.05, 0.1) is 6.26 Å². The van der Waals surface area contributed by atoms with Crippen molar-refractivity contribution >= 4 is 28.8 Å². The Labute approximate surface area is 136 Å². The molecule has 2 heterocycles. The highest BCUT2D eigenvalue weighted by Gasteiger charge is 2.09. The Hall–Kier alpha value is -2.86. The van der Waals surface area contributed by atoms with Gasteiger partial charge in [0.2, 0.25) is 0 Å². The second kappa shape index (κ2) is 6.93. The van der Waals surface area contributed by atoms with Gasteiger partial charge in [0.25, 0.3) is 11.8 Å². The fourth-order valence-corrected chi connectivity index (χ4v) is 2.62. The minimum absolute atomic E-state index is 0.0959. The van der Waals surface area contributed by atoms with E-state index in [1.54, 1.807) is 30.3 Å². The predicted molar refractivity (Wildman–Crippen MR) is 88.6 cm³/mol. The lowest BCUT2D eigenvalue weighted by Gasteiger charge is -2.06. The third kappa shape index (κ3) is 3.87. The largest absolute Gasteiger partial charge is 0.459 e. The van der Waals surface area contributed by atoms with E-state index in [2.05, 4.69) is 10.6 Å². The molecule has 2 aromatic heterocycles. The number of benzene rings is 1. The minimum Gasteiger partial charge on any atom is -0.459 e. The summed E-state index contributed by atoms with van der Waals surface area (Å²) in [6.07, 6.45) is 1.45. The Morgan fingerprint density at radius 2 is 1.87 bits per heavy atom. The molecular formula is C17H14N2O3S. The molecule has 5 nitrogen and oxygen atoms in total. The third-order valence-corrected chi connectivity index (χ3v) is 3.88. The minimum atomic E-state index is -0.298. The van der Waals surface area contributed by atoms with E-state index in [4.69, 9.17) is 4.42 Å². The van der Waals surface area contributed by atoms with Crippen molar-refractivity contribution in [3.8, 4) is 0 Å². The number of carbonyl (C=O) groups is 2. The van der Waals surface area contributed by atoms with Gasteiger partial charge in [-0.25, -0.2) is 0 Å². The quantitative estimate of drug-likeness (QED) is 0.753. The van der Waals surface area contributed by atoms with Gasteiger partial charge in [0.15, 0.2) is 5.76 Å². The zero-order valence-corrected chi connectivity index (χ0v) is 12.9. The number of hydrogen-bond acceptors (Lipinski definition) is 4. The van der Waals surface area contributed by atoms with E-state index in [-0.39, 0.29) is 17.6 Å². The molecule has 0 fully saturated rings. The van der Waals surface area contributed by atoms with Gasteiger partial charge < -0.3 is 15.1 Å². The van der Waals surface area contributed by atoms with Crippen molar-refractivity contribution < 1.29 is 14.0 Å². The summed E-state index contributed by atoms with van der Waals surface area (Å²) >= 11 is 1.49. The molecule has 1 aromatic carbocycles. The van der Waals surface area contributed by atoms with E-state index in [0.717, 1.165) is 5.56 Å². The number of furan rings is 1. The predicted octanol–water partition coefficient (Wildman–Crippen LogP) is 3.52. The van der Waals surface area contributed by atoms with Gasteiger partial charge in [-0.3, -0.25) is 9.59 Å². The molecule has 0 radical (unpaired) electrons. The maximum atomic E-state index is 11.9. The van der Waals surface area contributed by atoms with Crippen LogP contribution in [0, 0.1) is 0 Å². The summed E-state index contributed by atoms with van der Waals surface area (Å²) in [5.41, 5.74) is 2.28. The lowest BCUT2D eigenvalue weighted by atomic mass is 10.2. The molecule has 0 aliphatic rings. The van der Waals surface area contributed by atoms with E-state index < -0.39 is 0 Å². The maximum absolute atomic E-state index is 11.9. The monoisotopic (exact) mass is 326 g/mol. The Morgan fingerprint density at radius 3 is 2.52 bits per heavy atom. The van der Waals surface area contributed by atoms with Gasteiger partial charge in [-0.2, -0.15) is 11.3 Å². The first-order chi connectivity index (χ1) is 11.2. The average Bonchev–Trinajstić information content (AvgIpc) is 3.27. The van der Waals surface area contributed by atoms with Gasteiger partial charge in [-0.1, -0.05) is 12.1 Å². The zero-order chi connectivity index (χ0) is 16.1. The molecule has 0 aliphatic heterocycles. The van der Waals surface area contributed by atoms with Crippen LogP contribution in [0.25, 0.3) is 0 Å². The van der Waals surface area contributed by atoms with E-state index in [0.29, 0.717) is 17.8 Å². The molecule has 6 heteroatoms. The summed E-state index contributed by atoms with van der Waals surface area (Å²) in [6, 6.07) is 12.3. The van der Waals surface area contributed by atoms with Crippen LogP contribution in [-0.4, -0.2) is 11.8 Å². The molecule has 0 bridgehead atoms. The summed E-state index contributed by atoms with van der Waals surface area (Å²) < 4.78 is 5.03. The highest BCUT2D eigenvalue weighted by atomic mass is 32.1. The second-order valence-corrected chi connectivity index (χ2v) is 5.60. The molecule has 2 amide bonds. The zero-order valence-electron chi connectivity index (χ0n) is 12.1. The number of nitrogens with one attached hydrogen (secondary N) is 2. The smallest absolute Gasteiger partial charge is 0.291 e. The van der Waals surface area contributed by atoms with Crippen LogP contribution in [-0.2, 0) is 6.54 Å². The number of thiophene rings is 1. The molecule has 0 atom stereocenters. The van der Waals surface area contributed by atoms with Gasteiger partial charge in [0, 0.05) is 23.2 Å². The Morgan fingerprint density at radius 1 is 1.04 bits per heavy atom. The molecule has 23 heavy (non-hydrogen) atoms. The third-order valence-electron chi connectivity index (χ3n) is 3.19. The average molecular weight is 326 g/mol. The van der Waals surface area contributed by atoms with Crippen molar-refractivity contribution in [1.82, 2.24) is 5.32 Å². The van der Waals surface area contributed by atoms with Crippen molar-refractivity contribution in [2.45, 2.75) is 6.54 Å². The molecule has 0 saturated carbocycles. The van der Waals surface area contributed by atoms with E-state index in [9.17, 15) is 9.59 Å². The van der Waals surface area contributed by atoms with Crippen LogP contribution >= 0.6 is 11.3 Å². The van der Waals surface area contributed by atoms with Gasteiger partial charge >= 0.3 is 0 Å². The fourth-order valence-electron chi connectivity index (χ4n) is 1.98. The van der Waals surface area contributed by atoms with Gasteiger partial charge in [-0.15, -0.1) is 0 Å². The fraction of sp³-hybridized carbons (Fsp3) is 0.0588.